The molecule has 2 aromatic carbocycles. The van der Waals surface area contributed by atoms with Gasteiger partial charge in [0.2, 0.25) is 5.91 Å². The van der Waals surface area contributed by atoms with Gasteiger partial charge in [0.1, 0.15) is 6.04 Å². The standard InChI is InChI=1S/C21H25N3O/c1-3-23(2)16-8-6-7-15(13-16)19-14-24-12-11-22-21(25)20(24)18-10-5-4-9-17(18)19/h4-10,13,19-20H,3,11-12,14H2,1-2H3,(H,22,25)/t19-,20+/m1/s1. The van der Waals surface area contributed by atoms with Gasteiger partial charge in [0, 0.05) is 44.8 Å². The van der Waals surface area contributed by atoms with Crippen LogP contribution < -0.4 is 10.2 Å². The summed E-state index contributed by atoms with van der Waals surface area (Å²) in [6, 6.07) is 17.1. The third-order valence-electron chi connectivity index (χ3n) is 5.58. The first-order valence-electron chi connectivity index (χ1n) is 9.10. The Labute approximate surface area is 149 Å². The molecule has 0 unspecified atom stereocenters. The third-order valence-corrected chi connectivity index (χ3v) is 5.58. The van der Waals surface area contributed by atoms with E-state index in [9.17, 15) is 4.79 Å². The first-order valence-corrected chi connectivity index (χ1v) is 9.10. The van der Waals surface area contributed by atoms with Gasteiger partial charge in [-0.2, -0.15) is 0 Å². The van der Waals surface area contributed by atoms with E-state index >= 15 is 0 Å². The second kappa shape index (κ2) is 6.52. The van der Waals surface area contributed by atoms with E-state index < -0.39 is 0 Å². The zero-order chi connectivity index (χ0) is 17.4. The van der Waals surface area contributed by atoms with E-state index in [4.69, 9.17) is 0 Å². The molecular formula is C21H25N3O. The summed E-state index contributed by atoms with van der Waals surface area (Å²) >= 11 is 0. The molecule has 0 spiro atoms. The molecule has 4 rings (SSSR count). The molecule has 1 amide bonds. The summed E-state index contributed by atoms with van der Waals surface area (Å²) in [5.74, 6) is 0.445. The monoisotopic (exact) mass is 335 g/mol. The highest BCUT2D eigenvalue weighted by molar-refractivity contribution is 5.85. The number of rotatable bonds is 3. The van der Waals surface area contributed by atoms with Crippen molar-refractivity contribution in [3.8, 4) is 0 Å². The molecule has 0 bridgehead atoms. The van der Waals surface area contributed by atoms with E-state index in [2.05, 4.69) is 71.6 Å². The minimum atomic E-state index is -0.136. The lowest BCUT2D eigenvalue weighted by Crippen LogP contribution is -2.53. The third kappa shape index (κ3) is 2.81. The van der Waals surface area contributed by atoms with Gasteiger partial charge in [-0.15, -0.1) is 0 Å². The SMILES string of the molecule is CCN(C)c1cccc([C@H]2CN3CCNC(=O)[C@@H]3c3ccccc32)c1. The fourth-order valence-corrected chi connectivity index (χ4v) is 4.11. The van der Waals surface area contributed by atoms with Gasteiger partial charge in [-0.05, 0) is 35.7 Å². The Bertz CT molecular complexity index is 788. The highest BCUT2D eigenvalue weighted by Gasteiger charge is 2.39. The molecule has 25 heavy (non-hydrogen) atoms. The van der Waals surface area contributed by atoms with E-state index in [1.807, 2.05) is 6.07 Å². The number of fused-ring (bicyclic) bond motifs is 3. The molecule has 0 saturated carbocycles. The number of nitrogens with zero attached hydrogens (tertiary/aromatic N) is 2. The van der Waals surface area contributed by atoms with E-state index in [1.54, 1.807) is 0 Å². The average molecular weight is 335 g/mol. The van der Waals surface area contributed by atoms with Crippen molar-refractivity contribution in [3.05, 3.63) is 65.2 Å². The van der Waals surface area contributed by atoms with Crippen LogP contribution in [0.15, 0.2) is 48.5 Å². The molecule has 4 nitrogen and oxygen atoms in total. The van der Waals surface area contributed by atoms with Crippen molar-refractivity contribution in [2.75, 3.05) is 38.1 Å². The first-order chi connectivity index (χ1) is 12.2. The largest absolute Gasteiger partial charge is 0.375 e. The molecule has 0 aromatic heterocycles. The van der Waals surface area contributed by atoms with Crippen LogP contribution >= 0.6 is 0 Å². The number of nitrogens with one attached hydrogen (secondary N) is 1. The maximum absolute atomic E-state index is 12.5. The van der Waals surface area contributed by atoms with Crippen molar-refractivity contribution in [2.24, 2.45) is 0 Å². The minimum Gasteiger partial charge on any atom is -0.375 e. The maximum atomic E-state index is 12.5. The number of carbonyl (C=O) groups is 1. The fourth-order valence-electron chi connectivity index (χ4n) is 4.11. The molecule has 2 heterocycles. The van der Waals surface area contributed by atoms with E-state index in [1.165, 1.54) is 16.8 Å². The normalized spacial score (nSPS) is 22.7. The summed E-state index contributed by atoms with van der Waals surface area (Å²) in [6.07, 6.45) is 0. The predicted molar refractivity (Wildman–Crippen MR) is 101 cm³/mol. The van der Waals surface area contributed by atoms with E-state index in [-0.39, 0.29) is 11.9 Å². The summed E-state index contributed by atoms with van der Waals surface area (Å²) in [4.78, 5) is 17.1. The van der Waals surface area contributed by atoms with Crippen molar-refractivity contribution in [1.29, 1.82) is 0 Å². The van der Waals surface area contributed by atoms with E-state index in [0.717, 1.165) is 31.7 Å². The molecule has 4 heteroatoms. The fraction of sp³-hybridized carbons (Fsp3) is 0.381. The van der Waals surface area contributed by atoms with Crippen LogP contribution in [0.3, 0.4) is 0 Å². The Morgan fingerprint density at radius 1 is 1.16 bits per heavy atom. The highest BCUT2D eigenvalue weighted by Crippen LogP contribution is 2.40. The van der Waals surface area contributed by atoms with Crippen LogP contribution in [0.2, 0.25) is 0 Å². The van der Waals surface area contributed by atoms with Crippen molar-refractivity contribution < 1.29 is 4.79 Å². The zero-order valence-electron chi connectivity index (χ0n) is 14.9. The van der Waals surface area contributed by atoms with Crippen LogP contribution in [0, 0.1) is 0 Å². The smallest absolute Gasteiger partial charge is 0.242 e. The molecular weight excluding hydrogens is 310 g/mol. The Morgan fingerprint density at radius 3 is 2.76 bits per heavy atom. The zero-order valence-corrected chi connectivity index (χ0v) is 14.9. The van der Waals surface area contributed by atoms with Crippen molar-refractivity contribution in [1.82, 2.24) is 10.2 Å². The number of hydrogen-bond acceptors (Lipinski definition) is 3. The minimum absolute atomic E-state index is 0.136. The van der Waals surface area contributed by atoms with Crippen LogP contribution in [0.1, 0.15) is 35.6 Å². The number of anilines is 1. The molecule has 2 aliphatic rings. The predicted octanol–water partition coefficient (Wildman–Crippen LogP) is 2.76. The van der Waals surface area contributed by atoms with Gasteiger partial charge in [-0.3, -0.25) is 9.69 Å². The average Bonchev–Trinajstić information content (AvgIpc) is 2.66. The van der Waals surface area contributed by atoms with Gasteiger partial charge in [0.25, 0.3) is 0 Å². The number of hydrogen-bond donors (Lipinski definition) is 1. The van der Waals surface area contributed by atoms with Gasteiger partial charge in [-0.25, -0.2) is 0 Å². The van der Waals surface area contributed by atoms with Gasteiger partial charge in [0.05, 0.1) is 0 Å². The van der Waals surface area contributed by atoms with Gasteiger partial charge in [-0.1, -0.05) is 36.4 Å². The summed E-state index contributed by atoms with van der Waals surface area (Å²) in [6.45, 7) is 5.70. The molecule has 1 N–H and O–H groups in total. The Balaban J connectivity index is 1.78. The van der Waals surface area contributed by atoms with E-state index in [0.29, 0.717) is 5.92 Å². The van der Waals surface area contributed by atoms with Crippen LogP contribution in [0.25, 0.3) is 0 Å². The van der Waals surface area contributed by atoms with Crippen LogP contribution in [-0.2, 0) is 4.79 Å². The van der Waals surface area contributed by atoms with Crippen LogP contribution in [0.4, 0.5) is 5.69 Å². The summed E-state index contributed by atoms with van der Waals surface area (Å²) in [7, 11) is 2.12. The molecule has 0 aliphatic carbocycles. The van der Waals surface area contributed by atoms with Gasteiger partial charge >= 0.3 is 0 Å². The number of benzene rings is 2. The molecule has 0 radical (unpaired) electrons. The highest BCUT2D eigenvalue weighted by atomic mass is 16.2. The number of piperazine rings is 1. The Morgan fingerprint density at radius 2 is 1.96 bits per heavy atom. The van der Waals surface area contributed by atoms with Crippen LogP contribution in [-0.4, -0.2) is 44.0 Å². The van der Waals surface area contributed by atoms with Crippen molar-refractivity contribution >= 4 is 11.6 Å². The summed E-state index contributed by atoms with van der Waals surface area (Å²) < 4.78 is 0. The number of carbonyl (C=O) groups excluding carboxylic acids is 1. The molecule has 2 aromatic rings. The lowest BCUT2D eigenvalue weighted by atomic mass is 9.80. The van der Waals surface area contributed by atoms with Gasteiger partial charge < -0.3 is 10.2 Å². The number of amides is 1. The molecule has 1 fully saturated rings. The van der Waals surface area contributed by atoms with Gasteiger partial charge in [0.15, 0.2) is 0 Å². The van der Waals surface area contributed by atoms with Crippen molar-refractivity contribution in [2.45, 2.75) is 18.9 Å². The Kier molecular flexibility index (Phi) is 4.22. The lowest BCUT2D eigenvalue weighted by molar-refractivity contribution is -0.129. The Hall–Kier alpha value is -2.33. The summed E-state index contributed by atoms with van der Waals surface area (Å²) in [5, 5.41) is 3.02. The molecule has 130 valence electrons. The summed E-state index contributed by atoms with van der Waals surface area (Å²) in [5.41, 5.74) is 5.02. The first kappa shape index (κ1) is 16.2. The lowest BCUT2D eigenvalue weighted by Gasteiger charge is -2.43. The second-order valence-electron chi connectivity index (χ2n) is 6.98. The maximum Gasteiger partial charge on any atom is 0.242 e. The molecule has 2 aliphatic heterocycles. The molecule has 1 saturated heterocycles. The van der Waals surface area contributed by atoms with Crippen molar-refractivity contribution in [3.63, 3.8) is 0 Å². The quantitative estimate of drug-likeness (QED) is 0.937. The van der Waals surface area contributed by atoms with Crippen LogP contribution in [0.5, 0.6) is 0 Å². The topological polar surface area (TPSA) is 35.6 Å². The second-order valence-corrected chi connectivity index (χ2v) is 6.98. The molecule has 2 atom stereocenters.